The highest BCUT2D eigenvalue weighted by Crippen LogP contribution is 2.56. The fraction of sp³-hybridized carbons (Fsp3) is 0.500. The van der Waals surface area contributed by atoms with Crippen LogP contribution in [0.2, 0.25) is 0 Å². The van der Waals surface area contributed by atoms with Crippen LogP contribution in [-0.2, 0) is 5.54 Å². The molecule has 1 aromatic carbocycles. The van der Waals surface area contributed by atoms with E-state index < -0.39 is 11.6 Å². The smallest absolute Gasteiger partial charge is 0.151 e. The average Bonchev–Trinajstić information content (AvgIpc) is 3.07. The van der Waals surface area contributed by atoms with E-state index in [1.54, 1.807) is 4.68 Å². The second-order valence-electron chi connectivity index (χ2n) is 7.78. The van der Waals surface area contributed by atoms with Crippen LogP contribution in [0.5, 0.6) is 0 Å². The van der Waals surface area contributed by atoms with Crippen molar-refractivity contribution in [1.82, 2.24) is 15.1 Å². The second-order valence-corrected chi connectivity index (χ2v) is 7.78. The number of halogens is 2. The lowest BCUT2D eigenvalue weighted by atomic mass is 9.88. The zero-order valence-corrected chi connectivity index (χ0v) is 13.6. The molecule has 2 aliphatic carbocycles. The minimum absolute atomic E-state index is 0.0203. The summed E-state index contributed by atoms with van der Waals surface area (Å²) < 4.78 is 28.9. The van der Waals surface area contributed by atoms with Crippen molar-refractivity contribution in [3.63, 3.8) is 0 Å². The van der Waals surface area contributed by atoms with E-state index in [2.05, 4.69) is 37.4 Å². The molecule has 2 aromatic rings. The third-order valence-electron chi connectivity index (χ3n) is 4.88. The summed E-state index contributed by atoms with van der Waals surface area (Å²) in [4.78, 5) is 0. The number of fused-ring (bicyclic) bond motifs is 5. The van der Waals surface area contributed by atoms with Gasteiger partial charge in [0.15, 0.2) is 5.82 Å². The first-order chi connectivity index (χ1) is 10.8. The maximum absolute atomic E-state index is 14.2. The van der Waals surface area contributed by atoms with Gasteiger partial charge in [0.25, 0.3) is 0 Å². The summed E-state index contributed by atoms with van der Waals surface area (Å²) in [5.41, 5.74) is 2.23. The van der Waals surface area contributed by atoms with Gasteiger partial charge in [0.1, 0.15) is 17.7 Å². The Morgan fingerprint density at radius 1 is 1.35 bits per heavy atom. The number of benzene rings is 1. The van der Waals surface area contributed by atoms with Crippen molar-refractivity contribution in [2.75, 3.05) is 0 Å². The monoisotopic (exact) mass is 316 g/mol. The minimum Gasteiger partial charge on any atom is -0.302 e. The summed E-state index contributed by atoms with van der Waals surface area (Å²) >= 11 is 0. The van der Waals surface area contributed by atoms with Gasteiger partial charge in [0, 0.05) is 28.6 Å². The van der Waals surface area contributed by atoms with E-state index in [1.165, 1.54) is 12.1 Å². The number of nitrogens with zero attached hydrogens (tertiary/aromatic N) is 2. The Hall–Kier alpha value is -1.75. The van der Waals surface area contributed by atoms with E-state index in [1.807, 2.05) is 0 Å². The normalized spacial score (nSPS) is 25.9. The Bertz CT molecular complexity index is 775. The Labute approximate surface area is 134 Å². The molecular formula is C18H20F2N3. The van der Waals surface area contributed by atoms with Crippen LogP contribution in [0.3, 0.4) is 0 Å². The van der Waals surface area contributed by atoms with Crippen LogP contribution >= 0.6 is 0 Å². The Morgan fingerprint density at radius 3 is 2.83 bits per heavy atom. The molecule has 4 rings (SSSR count). The number of aromatic nitrogens is 2. The van der Waals surface area contributed by atoms with E-state index in [0.29, 0.717) is 11.6 Å². The van der Waals surface area contributed by atoms with Crippen LogP contribution in [0.25, 0.3) is 5.69 Å². The molecule has 121 valence electrons. The van der Waals surface area contributed by atoms with Crippen LogP contribution in [0, 0.1) is 17.8 Å². The number of hydrogen-bond acceptors (Lipinski definition) is 2. The predicted octanol–water partition coefficient (Wildman–Crippen LogP) is 3.82. The van der Waals surface area contributed by atoms with E-state index in [0.717, 1.165) is 36.6 Å². The zero-order chi connectivity index (χ0) is 16.4. The van der Waals surface area contributed by atoms with Crippen molar-refractivity contribution in [2.45, 2.75) is 57.0 Å². The van der Waals surface area contributed by atoms with E-state index in [9.17, 15) is 8.78 Å². The summed E-state index contributed by atoms with van der Waals surface area (Å²) in [6.07, 6.45) is 6.21. The van der Waals surface area contributed by atoms with Crippen LogP contribution in [0.1, 0.15) is 57.2 Å². The summed E-state index contributed by atoms with van der Waals surface area (Å²) in [6.45, 7) is 6.45. The summed E-state index contributed by atoms with van der Waals surface area (Å²) in [7, 11) is 0. The fourth-order valence-electron chi connectivity index (χ4n) is 4.28. The van der Waals surface area contributed by atoms with Crippen LogP contribution < -0.4 is 5.32 Å². The van der Waals surface area contributed by atoms with Crippen LogP contribution in [-0.4, -0.2) is 15.3 Å². The van der Waals surface area contributed by atoms with Gasteiger partial charge in [-0.25, -0.2) is 13.5 Å². The highest BCUT2D eigenvalue weighted by molar-refractivity contribution is 5.45. The quantitative estimate of drug-likeness (QED) is 0.913. The van der Waals surface area contributed by atoms with Gasteiger partial charge < -0.3 is 5.32 Å². The maximum Gasteiger partial charge on any atom is 0.151 e. The van der Waals surface area contributed by atoms with Crippen molar-refractivity contribution < 1.29 is 8.78 Å². The van der Waals surface area contributed by atoms with E-state index >= 15 is 0 Å². The van der Waals surface area contributed by atoms with Gasteiger partial charge in [-0.3, -0.25) is 0 Å². The SMILES string of the molecule is CC(C)(C)NC12CCC(C1)c1c2[c]nn1-c1ccc(F)cc1F. The van der Waals surface area contributed by atoms with Crippen molar-refractivity contribution in [3.05, 3.63) is 47.3 Å². The number of rotatable bonds is 2. The van der Waals surface area contributed by atoms with Gasteiger partial charge in [-0.15, -0.1) is 0 Å². The van der Waals surface area contributed by atoms with Gasteiger partial charge in [0.2, 0.25) is 0 Å². The highest BCUT2D eigenvalue weighted by atomic mass is 19.1. The molecule has 1 heterocycles. The largest absolute Gasteiger partial charge is 0.302 e. The third kappa shape index (κ3) is 2.21. The molecule has 0 saturated heterocycles. The van der Waals surface area contributed by atoms with Crippen molar-refractivity contribution in [2.24, 2.45) is 0 Å². The van der Waals surface area contributed by atoms with Crippen LogP contribution in [0.15, 0.2) is 18.2 Å². The molecule has 0 aliphatic heterocycles. The van der Waals surface area contributed by atoms with Gasteiger partial charge in [-0.2, -0.15) is 5.10 Å². The van der Waals surface area contributed by atoms with Gasteiger partial charge in [-0.05, 0) is 52.2 Å². The summed E-state index contributed by atoms with van der Waals surface area (Å²) in [6, 6.07) is 3.62. The fourth-order valence-corrected chi connectivity index (χ4v) is 4.28. The first-order valence-corrected chi connectivity index (χ1v) is 8.05. The standard InChI is InChI=1S/C18H20F2N3/c1-17(2,3)22-18-7-6-11(9-18)16-13(18)10-21-23(16)15-5-4-12(19)8-14(15)20/h4-5,8,11,22H,6-7,9H2,1-3H3. The zero-order valence-electron chi connectivity index (χ0n) is 13.6. The molecule has 1 fully saturated rings. The predicted molar refractivity (Wildman–Crippen MR) is 83.5 cm³/mol. The Morgan fingerprint density at radius 2 is 2.13 bits per heavy atom. The molecule has 2 aliphatic rings. The topological polar surface area (TPSA) is 29.9 Å². The molecule has 3 nitrogen and oxygen atoms in total. The molecule has 23 heavy (non-hydrogen) atoms. The molecule has 2 atom stereocenters. The van der Waals surface area contributed by atoms with Crippen LogP contribution in [0.4, 0.5) is 8.78 Å². The average molecular weight is 316 g/mol. The molecule has 0 spiro atoms. The summed E-state index contributed by atoms with van der Waals surface area (Å²) in [5.74, 6) is -0.820. The minimum atomic E-state index is -0.593. The molecule has 2 bridgehead atoms. The number of nitrogens with one attached hydrogen (secondary N) is 1. The molecular weight excluding hydrogens is 296 g/mol. The molecule has 1 aromatic heterocycles. The molecule has 5 heteroatoms. The molecule has 1 saturated carbocycles. The maximum atomic E-state index is 14.2. The van der Waals surface area contributed by atoms with Crippen molar-refractivity contribution >= 4 is 0 Å². The van der Waals surface area contributed by atoms with Gasteiger partial charge >= 0.3 is 0 Å². The Kier molecular flexibility index (Phi) is 2.98. The first kappa shape index (κ1) is 14.8. The number of hydrogen-bond donors (Lipinski definition) is 1. The van der Waals surface area contributed by atoms with Gasteiger partial charge in [-0.1, -0.05) is 0 Å². The highest BCUT2D eigenvalue weighted by Gasteiger charge is 2.53. The lowest BCUT2D eigenvalue weighted by Gasteiger charge is -2.36. The molecule has 2 unspecified atom stereocenters. The third-order valence-corrected chi connectivity index (χ3v) is 4.88. The van der Waals surface area contributed by atoms with Gasteiger partial charge in [0.05, 0.1) is 5.69 Å². The van der Waals surface area contributed by atoms with E-state index in [-0.39, 0.29) is 11.1 Å². The van der Waals surface area contributed by atoms with E-state index in [4.69, 9.17) is 0 Å². The molecule has 0 amide bonds. The van der Waals surface area contributed by atoms with Crippen molar-refractivity contribution in [1.29, 1.82) is 0 Å². The summed E-state index contributed by atoms with van der Waals surface area (Å²) in [5, 5.41) is 8.03. The molecule has 1 N–H and O–H groups in total. The van der Waals surface area contributed by atoms with Crippen molar-refractivity contribution in [3.8, 4) is 5.69 Å². The lowest BCUT2D eigenvalue weighted by Crippen LogP contribution is -2.49. The lowest BCUT2D eigenvalue weighted by molar-refractivity contribution is 0.255. The second kappa shape index (κ2) is 4.63. The first-order valence-electron chi connectivity index (χ1n) is 8.05. The molecule has 1 radical (unpaired) electrons. The Balaban J connectivity index is 1.81.